The van der Waals surface area contributed by atoms with E-state index in [0.717, 1.165) is 0 Å². The minimum absolute atomic E-state index is 1.19. The highest BCUT2D eigenvalue weighted by Gasteiger charge is 2.25. The van der Waals surface area contributed by atoms with Gasteiger partial charge >= 0.3 is 0 Å². The summed E-state index contributed by atoms with van der Waals surface area (Å²) in [5, 5.41) is 5.17. The Labute approximate surface area is 127 Å². The van der Waals surface area contributed by atoms with Crippen LogP contribution < -0.4 is 0 Å². The van der Waals surface area contributed by atoms with Crippen LogP contribution in [-0.4, -0.2) is 115 Å². The zero-order chi connectivity index (χ0) is 13.8. The molecule has 5 nitrogen and oxygen atoms in total. The molecule has 0 spiro atoms. The van der Waals surface area contributed by atoms with Gasteiger partial charge in [-0.05, 0) is 7.05 Å². The normalized spacial score (nSPS) is 29.9. The van der Waals surface area contributed by atoms with E-state index in [1.54, 1.807) is 0 Å². The molecule has 0 aromatic carbocycles. The number of likely N-dealkylation sites (N-methyl/N-ethyl adjacent to an activating group) is 1. The Morgan fingerprint density at radius 3 is 1.75 bits per heavy atom. The van der Waals surface area contributed by atoms with Gasteiger partial charge in [0.2, 0.25) is 0 Å². The number of nitrogens with zero attached hydrogens (tertiary/aromatic N) is 5. The zero-order valence-electron chi connectivity index (χ0n) is 12.8. The van der Waals surface area contributed by atoms with Crippen LogP contribution in [0.5, 0.6) is 0 Å². The minimum atomic E-state index is 1.19. The Morgan fingerprint density at radius 1 is 0.650 bits per heavy atom. The molecule has 0 saturated carbocycles. The number of hydrogen-bond acceptors (Lipinski definition) is 6. The third kappa shape index (κ3) is 4.08. The molecule has 0 bridgehead atoms. The summed E-state index contributed by atoms with van der Waals surface area (Å²) in [5.74, 6) is 2.64. The molecular weight excluding hydrogens is 270 g/mol. The van der Waals surface area contributed by atoms with E-state index >= 15 is 0 Å². The number of thioether (sulfide) groups is 1. The van der Waals surface area contributed by atoms with E-state index < -0.39 is 0 Å². The summed E-state index contributed by atoms with van der Waals surface area (Å²) in [6.45, 7) is 13.5. The molecular formula is C14H29N5S. The molecule has 0 atom stereocenters. The van der Waals surface area contributed by atoms with Crippen molar-refractivity contribution in [1.82, 2.24) is 24.7 Å². The molecule has 20 heavy (non-hydrogen) atoms. The van der Waals surface area contributed by atoms with Crippen molar-refractivity contribution in [3.63, 3.8) is 0 Å². The van der Waals surface area contributed by atoms with Gasteiger partial charge < -0.3 is 4.90 Å². The summed E-state index contributed by atoms with van der Waals surface area (Å²) in [6, 6.07) is 0. The van der Waals surface area contributed by atoms with Gasteiger partial charge in [0.05, 0.1) is 6.67 Å². The monoisotopic (exact) mass is 299 g/mol. The quantitative estimate of drug-likeness (QED) is 0.711. The average Bonchev–Trinajstić information content (AvgIpc) is 2.50. The van der Waals surface area contributed by atoms with Gasteiger partial charge in [-0.1, -0.05) is 0 Å². The highest BCUT2D eigenvalue weighted by molar-refractivity contribution is 7.99. The molecule has 0 amide bonds. The first kappa shape index (κ1) is 15.1. The van der Waals surface area contributed by atoms with Crippen LogP contribution in [-0.2, 0) is 0 Å². The predicted molar refractivity (Wildman–Crippen MR) is 86.0 cm³/mol. The Morgan fingerprint density at radius 2 is 1.15 bits per heavy atom. The molecule has 3 saturated heterocycles. The first-order valence-corrected chi connectivity index (χ1v) is 9.17. The molecule has 0 aromatic rings. The molecule has 3 aliphatic heterocycles. The highest BCUT2D eigenvalue weighted by atomic mass is 32.2. The summed E-state index contributed by atoms with van der Waals surface area (Å²) < 4.78 is 0. The number of hydrogen-bond donors (Lipinski definition) is 0. The zero-order valence-corrected chi connectivity index (χ0v) is 13.7. The van der Waals surface area contributed by atoms with Crippen molar-refractivity contribution in [3.8, 4) is 0 Å². The lowest BCUT2D eigenvalue weighted by molar-refractivity contribution is -0.0837. The van der Waals surface area contributed by atoms with Gasteiger partial charge in [0, 0.05) is 77.0 Å². The first-order chi connectivity index (χ1) is 9.81. The van der Waals surface area contributed by atoms with E-state index in [1.165, 1.54) is 83.6 Å². The average molecular weight is 299 g/mol. The molecule has 0 unspecified atom stereocenters. The van der Waals surface area contributed by atoms with Crippen molar-refractivity contribution in [2.45, 2.75) is 0 Å². The summed E-state index contributed by atoms with van der Waals surface area (Å²) in [4.78, 5) is 7.70. The second kappa shape index (κ2) is 7.42. The maximum absolute atomic E-state index is 2.64. The largest absolute Gasteiger partial charge is 0.304 e. The topological polar surface area (TPSA) is 16.2 Å². The second-order valence-electron chi connectivity index (χ2n) is 6.20. The van der Waals surface area contributed by atoms with Gasteiger partial charge in [0.15, 0.2) is 0 Å². The number of rotatable bonds is 3. The van der Waals surface area contributed by atoms with Crippen LogP contribution in [0.2, 0.25) is 0 Å². The van der Waals surface area contributed by atoms with Crippen molar-refractivity contribution in [1.29, 1.82) is 0 Å². The molecule has 0 radical (unpaired) electrons. The molecule has 3 heterocycles. The van der Waals surface area contributed by atoms with E-state index in [4.69, 9.17) is 0 Å². The van der Waals surface area contributed by atoms with Gasteiger partial charge in [0.1, 0.15) is 0 Å². The SMILES string of the molecule is CN1CCN(N2CCN(CN3CCSCC3)CC2)CC1. The Kier molecular flexibility index (Phi) is 5.59. The lowest BCUT2D eigenvalue weighted by Gasteiger charge is -2.45. The van der Waals surface area contributed by atoms with Crippen LogP contribution in [0, 0.1) is 0 Å². The summed E-state index contributed by atoms with van der Waals surface area (Å²) in [7, 11) is 2.23. The third-order valence-corrected chi connectivity index (χ3v) is 5.67. The fourth-order valence-corrected chi connectivity index (χ4v) is 4.24. The van der Waals surface area contributed by atoms with Crippen LogP contribution in [0.3, 0.4) is 0 Å². The maximum atomic E-state index is 2.64. The van der Waals surface area contributed by atoms with Crippen molar-refractivity contribution in [2.75, 3.05) is 90.7 Å². The van der Waals surface area contributed by atoms with Gasteiger partial charge in [-0.15, -0.1) is 0 Å². The molecule has 3 fully saturated rings. The van der Waals surface area contributed by atoms with Crippen LogP contribution in [0.15, 0.2) is 0 Å². The van der Waals surface area contributed by atoms with Crippen LogP contribution in [0.1, 0.15) is 0 Å². The molecule has 0 aliphatic carbocycles. The standard InChI is InChI=1S/C14H29N5S/c1-15-2-6-18(7-3-15)19-8-4-16(5-9-19)14-17-10-12-20-13-11-17/h2-14H2,1H3. The van der Waals surface area contributed by atoms with Gasteiger partial charge in [0.25, 0.3) is 0 Å². The molecule has 3 aliphatic rings. The molecule has 0 aromatic heterocycles. The van der Waals surface area contributed by atoms with Crippen LogP contribution in [0.4, 0.5) is 0 Å². The third-order valence-electron chi connectivity index (χ3n) is 4.73. The lowest BCUT2D eigenvalue weighted by Crippen LogP contribution is -2.59. The first-order valence-electron chi connectivity index (χ1n) is 8.02. The molecule has 0 N–H and O–H groups in total. The van der Waals surface area contributed by atoms with Crippen molar-refractivity contribution >= 4 is 11.8 Å². The summed E-state index contributed by atoms with van der Waals surface area (Å²) >= 11 is 2.10. The number of hydrazine groups is 1. The molecule has 3 rings (SSSR count). The van der Waals surface area contributed by atoms with Crippen molar-refractivity contribution in [3.05, 3.63) is 0 Å². The fourth-order valence-electron chi connectivity index (χ4n) is 3.27. The second-order valence-corrected chi connectivity index (χ2v) is 7.43. The number of piperazine rings is 2. The van der Waals surface area contributed by atoms with E-state index in [9.17, 15) is 0 Å². The molecule has 116 valence electrons. The minimum Gasteiger partial charge on any atom is -0.304 e. The van der Waals surface area contributed by atoms with E-state index in [-0.39, 0.29) is 0 Å². The predicted octanol–water partition coefficient (Wildman–Crippen LogP) is -0.227. The molecule has 6 heteroatoms. The van der Waals surface area contributed by atoms with Gasteiger partial charge in [-0.2, -0.15) is 11.8 Å². The Balaban J connectivity index is 1.38. The summed E-state index contributed by atoms with van der Waals surface area (Å²) in [5.41, 5.74) is 0. The smallest absolute Gasteiger partial charge is 0.0507 e. The highest BCUT2D eigenvalue weighted by Crippen LogP contribution is 2.12. The van der Waals surface area contributed by atoms with Gasteiger partial charge in [-0.25, -0.2) is 10.0 Å². The fraction of sp³-hybridized carbons (Fsp3) is 1.00. The van der Waals surface area contributed by atoms with E-state index in [0.29, 0.717) is 0 Å². The Bertz CT molecular complexity index is 281. The van der Waals surface area contributed by atoms with Gasteiger partial charge in [-0.3, -0.25) is 9.80 Å². The van der Waals surface area contributed by atoms with Crippen LogP contribution in [0.25, 0.3) is 0 Å². The Hall–Kier alpha value is 0.150. The van der Waals surface area contributed by atoms with Crippen molar-refractivity contribution < 1.29 is 0 Å². The van der Waals surface area contributed by atoms with Crippen LogP contribution >= 0.6 is 11.8 Å². The maximum Gasteiger partial charge on any atom is 0.0507 e. The van der Waals surface area contributed by atoms with Crippen molar-refractivity contribution in [2.24, 2.45) is 0 Å². The lowest BCUT2D eigenvalue weighted by atomic mass is 10.3. The summed E-state index contributed by atoms with van der Waals surface area (Å²) in [6.07, 6.45) is 0. The van der Waals surface area contributed by atoms with E-state index in [2.05, 4.69) is 43.5 Å². The van der Waals surface area contributed by atoms with E-state index in [1.807, 2.05) is 0 Å².